The van der Waals surface area contributed by atoms with E-state index >= 15 is 0 Å². The van der Waals surface area contributed by atoms with Crippen LogP contribution < -0.4 is 0 Å². The number of aliphatic hydroxyl groups is 2. The number of aliphatic hydroxyl groups excluding tert-OH is 2. The van der Waals surface area contributed by atoms with Crippen LogP contribution in [0.25, 0.3) is 0 Å². The molecule has 0 spiro atoms. The van der Waals surface area contributed by atoms with Crippen molar-refractivity contribution in [3.63, 3.8) is 0 Å². The van der Waals surface area contributed by atoms with Crippen molar-refractivity contribution < 1.29 is 29.2 Å². The van der Waals surface area contributed by atoms with E-state index in [0.717, 1.165) is 0 Å². The zero-order chi connectivity index (χ0) is 14.4. The summed E-state index contributed by atoms with van der Waals surface area (Å²) in [5, 5.41) is 20.5. The fraction of sp³-hybridized carbons (Fsp3) is 1.00. The van der Waals surface area contributed by atoms with Crippen molar-refractivity contribution in [3.05, 3.63) is 0 Å². The van der Waals surface area contributed by atoms with Crippen LogP contribution in [0.1, 0.15) is 34.1 Å². The average molecular weight is 276 g/mol. The summed E-state index contributed by atoms with van der Waals surface area (Å²) in [5.41, 5.74) is 0. The number of hydrogen-bond donors (Lipinski definition) is 2. The Morgan fingerprint density at radius 3 is 2.32 bits per heavy atom. The summed E-state index contributed by atoms with van der Waals surface area (Å²) >= 11 is 0. The van der Waals surface area contributed by atoms with Crippen LogP contribution >= 0.6 is 0 Å². The number of fused-ring (bicyclic) bond motifs is 1. The first-order chi connectivity index (χ1) is 8.65. The van der Waals surface area contributed by atoms with Gasteiger partial charge in [-0.15, -0.1) is 0 Å². The van der Waals surface area contributed by atoms with Crippen molar-refractivity contribution in [2.24, 2.45) is 0 Å². The van der Waals surface area contributed by atoms with E-state index in [9.17, 15) is 10.2 Å². The number of methoxy groups -OCH3 is 1. The van der Waals surface area contributed by atoms with E-state index in [1.54, 1.807) is 27.7 Å². The second-order valence-electron chi connectivity index (χ2n) is 6.12. The summed E-state index contributed by atoms with van der Waals surface area (Å²) in [5.74, 6) is -1.63. The molecule has 1 heterocycles. The lowest BCUT2D eigenvalue weighted by atomic mass is 9.87. The minimum absolute atomic E-state index is 0.286. The molecular weight excluding hydrogens is 252 g/mol. The molecule has 1 saturated heterocycles. The Hall–Kier alpha value is -0.240. The summed E-state index contributed by atoms with van der Waals surface area (Å²) in [6.07, 6.45) is -2.96. The molecule has 0 aromatic heterocycles. The van der Waals surface area contributed by atoms with Crippen LogP contribution in [0, 0.1) is 0 Å². The molecule has 2 aliphatic rings. The molecule has 0 aromatic rings. The summed E-state index contributed by atoms with van der Waals surface area (Å²) in [6, 6.07) is 0. The van der Waals surface area contributed by atoms with Gasteiger partial charge in [-0.25, -0.2) is 0 Å². The Labute approximate surface area is 113 Å². The van der Waals surface area contributed by atoms with Crippen LogP contribution in [-0.4, -0.2) is 59.4 Å². The van der Waals surface area contributed by atoms with Gasteiger partial charge < -0.3 is 29.2 Å². The lowest BCUT2D eigenvalue weighted by molar-refractivity contribution is -0.264. The van der Waals surface area contributed by atoms with Crippen LogP contribution in [0.3, 0.4) is 0 Å². The minimum atomic E-state index is -0.857. The predicted molar refractivity (Wildman–Crippen MR) is 66.4 cm³/mol. The highest BCUT2D eigenvalue weighted by molar-refractivity contribution is 5.00. The molecule has 5 atom stereocenters. The molecule has 0 aromatic carbocycles. The van der Waals surface area contributed by atoms with E-state index in [0.29, 0.717) is 0 Å². The quantitative estimate of drug-likeness (QED) is 0.727. The average Bonchev–Trinajstić information content (AvgIpc) is 2.62. The highest BCUT2D eigenvalue weighted by Gasteiger charge is 2.54. The molecule has 1 aliphatic carbocycles. The van der Waals surface area contributed by atoms with Gasteiger partial charge in [0.05, 0.1) is 12.2 Å². The van der Waals surface area contributed by atoms with Crippen molar-refractivity contribution in [1.82, 2.24) is 0 Å². The third-order valence-electron chi connectivity index (χ3n) is 3.66. The summed E-state index contributed by atoms with van der Waals surface area (Å²) in [6.45, 7) is 7.04. The molecule has 6 heteroatoms. The molecule has 2 rings (SSSR count). The van der Waals surface area contributed by atoms with Gasteiger partial charge in [-0.1, -0.05) is 0 Å². The Morgan fingerprint density at radius 2 is 1.74 bits per heavy atom. The van der Waals surface area contributed by atoms with Crippen LogP contribution in [0.15, 0.2) is 0 Å². The van der Waals surface area contributed by atoms with Crippen LogP contribution in [-0.2, 0) is 18.9 Å². The molecule has 0 radical (unpaired) electrons. The molecule has 0 unspecified atom stereocenters. The lowest BCUT2D eigenvalue weighted by Gasteiger charge is -2.40. The Morgan fingerprint density at radius 1 is 1.16 bits per heavy atom. The topological polar surface area (TPSA) is 77.4 Å². The van der Waals surface area contributed by atoms with E-state index < -0.39 is 42.1 Å². The van der Waals surface area contributed by atoms with E-state index in [1.807, 2.05) is 0 Å². The standard InChI is InChI=1S/C13H24O6/c1-12(2,16-5)17-8-6-7(14)10-11(9(8)15)19-13(3,4)18-10/h7-11,14-15H,6H2,1-5H3/t7-,8+,9+,10-,11+/m1/s1. The van der Waals surface area contributed by atoms with Gasteiger partial charge in [-0.05, 0) is 27.7 Å². The maximum Gasteiger partial charge on any atom is 0.164 e. The first-order valence-corrected chi connectivity index (χ1v) is 6.60. The molecule has 2 fully saturated rings. The maximum atomic E-state index is 10.4. The summed E-state index contributed by atoms with van der Waals surface area (Å²) in [7, 11) is 1.53. The second kappa shape index (κ2) is 4.95. The van der Waals surface area contributed by atoms with Gasteiger partial charge >= 0.3 is 0 Å². The molecule has 1 saturated carbocycles. The Balaban J connectivity index is 2.10. The van der Waals surface area contributed by atoms with Crippen molar-refractivity contribution in [3.8, 4) is 0 Å². The SMILES string of the molecule is COC(C)(C)O[C@H]1C[C@@H](O)[C@H]2OC(C)(C)O[C@H]2[C@H]1O. The first kappa shape index (κ1) is 15.2. The lowest BCUT2D eigenvalue weighted by Crippen LogP contribution is -2.56. The highest BCUT2D eigenvalue weighted by Crippen LogP contribution is 2.38. The van der Waals surface area contributed by atoms with Gasteiger partial charge in [0.2, 0.25) is 0 Å². The largest absolute Gasteiger partial charge is 0.390 e. The monoisotopic (exact) mass is 276 g/mol. The van der Waals surface area contributed by atoms with E-state index in [2.05, 4.69) is 0 Å². The number of rotatable bonds is 3. The summed E-state index contributed by atoms with van der Waals surface area (Å²) in [4.78, 5) is 0. The molecule has 112 valence electrons. The fourth-order valence-electron chi connectivity index (χ4n) is 2.63. The molecule has 6 nitrogen and oxygen atoms in total. The van der Waals surface area contributed by atoms with Gasteiger partial charge in [0, 0.05) is 13.5 Å². The molecule has 1 aliphatic heterocycles. The van der Waals surface area contributed by atoms with E-state index in [4.69, 9.17) is 18.9 Å². The van der Waals surface area contributed by atoms with Gasteiger partial charge in [-0.2, -0.15) is 0 Å². The van der Waals surface area contributed by atoms with Crippen LogP contribution in [0.2, 0.25) is 0 Å². The van der Waals surface area contributed by atoms with Crippen molar-refractivity contribution in [2.45, 2.75) is 76.2 Å². The van der Waals surface area contributed by atoms with Crippen LogP contribution in [0.4, 0.5) is 0 Å². The van der Waals surface area contributed by atoms with Gasteiger partial charge in [0.15, 0.2) is 11.6 Å². The zero-order valence-electron chi connectivity index (χ0n) is 12.1. The van der Waals surface area contributed by atoms with E-state index in [-0.39, 0.29) is 6.42 Å². The third-order valence-corrected chi connectivity index (χ3v) is 3.66. The number of ether oxygens (including phenoxy) is 4. The molecule has 0 amide bonds. The van der Waals surface area contributed by atoms with Crippen molar-refractivity contribution in [1.29, 1.82) is 0 Å². The van der Waals surface area contributed by atoms with Crippen molar-refractivity contribution in [2.75, 3.05) is 7.11 Å². The normalized spacial score (nSPS) is 42.2. The van der Waals surface area contributed by atoms with Crippen LogP contribution in [0.5, 0.6) is 0 Å². The number of hydrogen-bond acceptors (Lipinski definition) is 6. The van der Waals surface area contributed by atoms with E-state index in [1.165, 1.54) is 7.11 Å². The molecule has 2 N–H and O–H groups in total. The maximum absolute atomic E-state index is 10.4. The van der Waals surface area contributed by atoms with Gasteiger partial charge in [0.25, 0.3) is 0 Å². The highest BCUT2D eigenvalue weighted by atomic mass is 16.8. The zero-order valence-corrected chi connectivity index (χ0v) is 12.1. The Bertz CT molecular complexity index is 329. The van der Waals surface area contributed by atoms with Gasteiger partial charge in [0.1, 0.15) is 18.3 Å². The fourth-order valence-corrected chi connectivity index (χ4v) is 2.63. The Kier molecular flexibility index (Phi) is 3.94. The predicted octanol–water partition coefficient (Wildman–Crippen LogP) is 0.400. The molecular formula is C13H24O6. The minimum Gasteiger partial charge on any atom is -0.390 e. The second-order valence-corrected chi connectivity index (χ2v) is 6.12. The van der Waals surface area contributed by atoms with Gasteiger partial charge in [-0.3, -0.25) is 0 Å². The van der Waals surface area contributed by atoms with Crippen molar-refractivity contribution >= 4 is 0 Å². The third kappa shape index (κ3) is 3.09. The molecule has 19 heavy (non-hydrogen) atoms. The summed E-state index contributed by atoms with van der Waals surface area (Å²) < 4.78 is 22.2. The molecule has 0 bridgehead atoms. The smallest absolute Gasteiger partial charge is 0.164 e. The first-order valence-electron chi connectivity index (χ1n) is 6.60.